The Bertz CT molecular complexity index is 1300. The van der Waals surface area contributed by atoms with Gasteiger partial charge in [0, 0.05) is 44.5 Å². The summed E-state index contributed by atoms with van der Waals surface area (Å²) in [7, 11) is -1.94. The molecule has 1 aromatic heterocycles. The lowest BCUT2D eigenvalue weighted by molar-refractivity contribution is -0.150. The third kappa shape index (κ3) is 12.4. The average molecular weight is 753 g/mol. The van der Waals surface area contributed by atoms with Gasteiger partial charge in [-0.1, -0.05) is 81.1 Å². The number of hydrogen-bond donors (Lipinski definition) is 2. The third-order valence-corrected chi connectivity index (χ3v) is 16.6. The van der Waals surface area contributed by atoms with Crippen LogP contribution in [0.15, 0.2) is 5.38 Å². The van der Waals surface area contributed by atoms with Gasteiger partial charge in [-0.25, -0.2) is 9.78 Å². The number of ether oxygens (including phenoxy) is 1. The number of unbranched alkanes of at least 4 members (excludes halogenated alkanes) is 3. The summed E-state index contributed by atoms with van der Waals surface area (Å²) in [6, 6.07) is -1.11. The predicted octanol–water partition coefficient (Wildman–Crippen LogP) is 7.68. The molecule has 1 aliphatic heterocycles. The highest BCUT2D eigenvalue weighted by Crippen LogP contribution is 2.37. The van der Waals surface area contributed by atoms with E-state index < -0.39 is 37.9 Å². The summed E-state index contributed by atoms with van der Waals surface area (Å²) in [6.07, 6.45) is 5.56. The summed E-state index contributed by atoms with van der Waals surface area (Å²) in [5, 5.41) is 14.7. The van der Waals surface area contributed by atoms with Crippen molar-refractivity contribution in [3.8, 4) is 0 Å². The molecular weight excluding hydrogens is 685 g/mol. The van der Waals surface area contributed by atoms with Crippen LogP contribution in [0.5, 0.6) is 0 Å². The molecule has 292 valence electrons. The van der Waals surface area contributed by atoms with E-state index in [1.54, 1.807) is 0 Å². The van der Waals surface area contributed by atoms with Gasteiger partial charge in [-0.05, 0) is 62.7 Å². The first-order chi connectivity index (χ1) is 23.7. The number of nitrogens with one attached hydrogen (secondary N) is 1. The lowest BCUT2D eigenvalue weighted by Gasteiger charge is -2.41. The predicted molar refractivity (Wildman–Crippen MR) is 206 cm³/mol. The number of amides is 2. The first kappa shape index (κ1) is 44.8. The zero-order valence-electron chi connectivity index (χ0n) is 33.6. The van der Waals surface area contributed by atoms with E-state index in [0.29, 0.717) is 37.5 Å². The molecule has 13 heteroatoms. The molecule has 0 saturated carbocycles. The van der Waals surface area contributed by atoms with Crippen LogP contribution in [0.25, 0.3) is 0 Å². The molecule has 0 spiro atoms. The fourth-order valence-corrected chi connectivity index (χ4v) is 8.35. The number of aromatic carboxylic acids is 1. The lowest BCUT2D eigenvalue weighted by atomic mass is 9.91. The third-order valence-electron chi connectivity index (χ3n) is 11.2. The van der Waals surface area contributed by atoms with Crippen molar-refractivity contribution in [2.75, 3.05) is 26.2 Å². The van der Waals surface area contributed by atoms with E-state index >= 15 is 0 Å². The molecule has 1 aromatic rings. The molecule has 0 unspecified atom stereocenters. The summed E-state index contributed by atoms with van der Waals surface area (Å²) in [5.74, 6) is -2.11. The van der Waals surface area contributed by atoms with Crippen molar-refractivity contribution in [3.05, 3.63) is 16.1 Å². The molecule has 2 heterocycles. The van der Waals surface area contributed by atoms with Crippen LogP contribution in [0.1, 0.15) is 142 Å². The molecule has 2 amide bonds. The van der Waals surface area contributed by atoms with Crippen LogP contribution < -0.4 is 5.32 Å². The maximum absolute atomic E-state index is 14.9. The second-order valence-corrected chi connectivity index (χ2v) is 22.1. The molecule has 1 fully saturated rings. The molecule has 5 atom stereocenters. The Labute approximate surface area is 312 Å². The summed E-state index contributed by atoms with van der Waals surface area (Å²) in [4.78, 5) is 61.5. The number of nitrogens with zero attached hydrogens (tertiary/aromatic N) is 3. The Balaban J connectivity index is 2.43. The molecule has 51 heavy (non-hydrogen) atoms. The molecule has 11 nitrogen and oxygen atoms in total. The summed E-state index contributed by atoms with van der Waals surface area (Å²) < 4.78 is 12.2. The SMILES string of the molecule is CCCCCCN(C(=O)[C@@H](NC(=O)[C@@]1(C)CCCN1CCO[Si](C)(C)C(C)(C)C)[C@@H](C)CC)[C@H](C[C@@H](OC(C)=O)c1nc(C(=O)O)cs1)C(C)C. The molecule has 0 aromatic carbocycles. The van der Waals surface area contributed by atoms with E-state index in [0.717, 1.165) is 50.0 Å². The maximum atomic E-state index is 14.9. The van der Waals surface area contributed by atoms with Crippen LogP contribution in [0, 0.1) is 11.8 Å². The molecule has 1 aliphatic rings. The van der Waals surface area contributed by atoms with Crippen molar-refractivity contribution in [2.45, 2.75) is 162 Å². The second kappa shape index (κ2) is 19.6. The van der Waals surface area contributed by atoms with Gasteiger partial charge in [-0.2, -0.15) is 0 Å². The minimum Gasteiger partial charge on any atom is -0.476 e. The number of aromatic nitrogens is 1. The van der Waals surface area contributed by atoms with Crippen LogP contribution in [0.4, 0.5) is 0 Å². The Kier molecular flexibility index (Phi) is 17.3. The van der Waals surface area contributed by atoms with E-state index in [9.17, 15) is 24.3 Å². The molecule has 0 bridgehead atoms. The highest BCUT2D eigenvalue weighted by atomic mass is 32.1. The van der Waals surface area contributed by atoms with Gasteiger partial charge in [0.15, 0.2) is 20.1 Å². The van der Waals surface area contributed by atoms with E-state index in [-0.39, 0.29) is 46.8 Å². The molecule has 0 aliphatic carbocycles. The van der Waals surface area contributed by atoms with Gasteiger partial charge in [0.25, 0.3) is 0 Å². The van der Waals surface area contributed by atoms with E-state index in [2.05, 4.69) is 56.0 Å². The number of thiazole rings is 1. The normalized spacial score (nSPS) is 19.4. The lowest BCUT2D eigenvalue weighted by Crippen LogP contribution is -2.61. The summed E-state index contributed by atoms with van der Waals surface area (Å²) >= 11 is 1.13. The topological polar surface area (TPSA) is 138 Å². The number of likely N-dealkylation sites (tertiary alicyclic amines) is 1. The maximum Gasteiger partial charge on any atom is 0.355 e. The van der Waals surface area contributed by atoms with Gasteiger partial charge in [-0.15, -0.1) is 11.3 Å². The monoisotopic (exact) mass is 752 g/mol. The van der Waals surface area contributed by atoms with Crippen molar-refractivity contribution in [2.24, 2.45) is 11.8 Å². The van der Waals surface area contributed by atoms with Crippen LogP contribution >= 0.6 is 11.3 Å². The first-order valence-electron chi connectivity index (χ1n) is 19.1. The molecule has 1 saturated heterocycles. The van der Waals surface area contributed by atoms with E-state index in [4.69, 9.17) is 9.16 Å². The quantitative estimate of drug-likeness (QED) is 0.0736. The second-order valence-electron chi connectivity index (χ2n) is 16.4. The zero-order valence-corrected chi connectivity index (χ0v) is 35.4. The van der Waals surface area contributed by atoms with Crippen LogP contribution in [0.2, 0.25) is 18.1 Å². The number of carboxylic acid groups (broad SMARTS) is 1. The van der Waals surface area contributed by atoms with Gasteiger partial charge in [-0.3, -0.25) is 19.3 Å². The standard InChI is InChI=1S/C38H68N4O7SSi/c1-13-15-16-17-21-42(30(26(3)4)24-31(49-28(6)43)33-39-29(25-50-33)35(45)46)34(44)32(27(5)14-2)40-36(47)38(10)19-18-20-41(38)22-23-48-51(11,12)37(7,8)9/h25-27,30-32H,13-24H2,1-12H3,(H,40,47)(H,45,46)/t27-,30+,31+,32-,38+/m0/s1. The van der Waals surface area contributed by atoms with Crippen molar-refractivity contribution < 1.29 is 33.4 Å². The number of carbonyl (C=O) groups excluding carboxylic acids is 3. The van der Waals surface area contributed by atoms with E-state index in [1.165, 1.54) is 12.3 Å². The first-order valence-corrected chi connectivity index (χ1v) is 22.8. The fourth-order valence-electron chi connectivity index (χ4n) is 6.48. The minimum absolute atomic E-state index is 0.0332. The van der Waals surface area contributed by atoms with Crippen molar-refractivity contribution in [1.82, 2.24) is 20.1 Å². The zero-order chi connectivity index (χ0) is 38.7. The Hall–Kier alpha value is -2.35. The number of carbonyl (C=O) groups is 4. The Morgan fingerprint density at radius 1 is 1.14 bits per heavy atom. The van der Waals surface area contributed by atoms with Crippen LogP contribution in [-0.2, 0) is 23.5 Å². The molecule has 2 N–H and O–H groups in total. The highest BCUT2D eigenvalue weighted by molar-refractivity contribution is 7.09. The van der Waals surface area contributed by atoms with Crippen LogP contribution in [0.3, 0.4) is 0 Å². The average Bonchev–Trinajstić information content (AvgIpc) is 3.69. The van der Waals surface area contributed by atoms with Gasteiger partial charge < -0.3 is 24.5 Å². The molecule has 2 rings (SSSR count). The minimum atomic E-state index is -1.94. The van der Waals surface area contributed by atoms with E-state index in [1.807, 2.05) is 39.5 Å². The Morgan fingerprint density at radius 3 is 2.33 bits per heavy atom. The summed E-state index contributed by atoms with van der Waals surface area (Å²) in [5.41, 5.74) is -0.874. The van der Waals surface area contributed by atoms with Gasteiger partial charge in [0.1, 0.15) is 11.0 Å². The number of carboxylic acids is 1. The number of esters is 1. The van der Waals surface area contributed by atoms with Crippen molar-refractivity contribution in [3.63, 3.8) is 0 Å². The van der Waals surface area contributed by atoms with Crippen LogP contribution in [-0.4, -0.2) is 95.8 Å². The van der Waals surface area contributed by atoms with Crippen molar-refractivity contribution >= 4 is 43.4 Å². The largest absolute Gasteiger partial charge is 0.476 e. The fraction of sp³-hybridized carbons (Fsp3) is 0.816. The van der Waals surface area contributed by atoms with Gasteiger partial charge in [0.05, 0.1) is 5.54 Å². The number of hydrogen-bond acceptors (Lipinski definition) is 9. The van der Waals surface area contributed by atoms with Gasteiger partial charge >= 0.3 is 11.9 Å². The summed E-state index contributed by atoms with van der Waals surface area (Å²) in [6.45, 7) is 27.2. The molecule has 0 radical (unpaired) electrons. The number of rotatable bonds is 21. The van der Waals surface area contributed by atoms with Crippen molar-refractivity contribution in [1.29, 1.82) is 0 Å². The molecular formula is C38H68N4O7SSi. The highest BCUT2D eigenvalue weighted by Gasteiger charge is 2.46. The Morgan fingerprint density at radius 2 is 1.80 bits per heavy atom. The van der Waals surface area contributed by atoms with Gasteiger partial charge in [0.2, 0.25) is 11.8 Å². The smallest absolute Gasteiger partial charge is 0.355 e.